The molecule has 1 aliphatic heterocycles. The highest BCUT2D eigenvalue weighted by Crippen LogP contribution is 2.34. The zero-order chi connectivity index (χ0) is 11.3. The standard InChI is InChI=1S/C10H20N4O/c1-10(2)8-14(5-4-12-13-11)6-9(10)7-15-3/h9H,4-8H2,1-3H3. The third-order valence-corrected chi connectivity index (χ3v) is 3.16. The van der Waals surface area contributed by atoms with Crippen LogP contribution in [0.25, 0.3) is 10.4 Å². The predicted molar refractivity (Wildman–Crippen MR) is 59.6 cm³/mol. The average Bonchev–Trinajstić information content (AvgIpc) is 2.43. The van der Waals surface area contributed by atoms with Crippen LogP contribution in [0.2, 0.25) is 0 Å². The summed E-state index contributed by atoms with van der Waals surface area (Å²) >= 11 is 0. The number of hydrogen-bond donors (Lipinski definition) is 0. The largest absolute Gasteiger partial charge is 0.384 e. The highest BCUT2D eigenvalue weighted by molar-refractivity contribution is 4.90. The van der Waals surface area contributed by atoms with Crippen LogP contribution in [0.15, 0.2) is 5.11 Å². The number of nitrogens with zero attached hydrogens (tertiary/aromatic N) is 4. The summed E-state index contributed by atoms with van der Waals surface area (Å²) in [6.07, 6.45) is 0. The molecule has 1 rings (SSSR count). The Hall–Kier alpha value is -0.770. The molecule has 5 heteroatoms. The van der Waals surface area contributed by atoms with Crippen molar-refractivity contribution in [3.8, 4) is 0 Å². The van der Waals surface area contributed by atoms with E-state index in [1.54, 1.807) is 7.11 Å². The van der Waals surface area contributed by atoms with Gasteiger partial charge in [-0.3, -0.25) is 0 Å². The lowest BCUT2D eigenvalue weighted by Gasteiger charge is -2.24. The Kier molecular flexibility index (Phi) is 4.39. The van der Waals surface area contributed by atoms with Gasteiger partial charge in [0.2, 0.25) is 0 Å². The van der Waals surface area contributed by atoms with E-state index in [9.17, 15) is 0 Å². The van der Waals surface area contributed by atoms with Crippen molar-refractivity contribution in [3.63, 3.8) is 0 Å². The molecule has 0 saturated carbocycles. The second-order valence-electron chi connectivity index (χ2n) is 4.83. The lowest BCUT2D eigenvalue weighted by Crippen LogP contribution is -2.26. The Morgan fingerprint density at radius 3 is 2.93 bits per heavy atom. The molecule has 1 atom stereocenters. The van der Waals surface area contributed by atoms with Crippen LogP contribution in [0.5, 0.6) is 0 Å². The molecule has 15 heavy (non-hydrogen) atoms. The second-order valence-corrected chi connectivity index (χ2v) is 4.83. The Labute approximate surface area is 91.0 Å². The van der Waals surface area contributed by atoms with Crippen LogP contribution >= 0.6 is 0 Å². The van der Waals surface area contributed by atoms with Gasteiger partial charge in [0.1, 0.15) is 0 Å². The summed E-state index contributed by atoms with van der Waals surface area (Å²) in [4.78, 5) is 5.11. The van der Waals surface area contributed by atoms with Gasteiger partial charge in [-0.25, -0.2) is 0 Å². The second kappa shape index (κ2) is 5.35. The predicted octanol–water partition coefficient (Wildman–Crippen LogP) is 1.90. The van der Waals surface area contributed by atoms with E-state index in [-0.39, 0.29) is 0 Å². The van der Waals surface area contributed by atoms with Crippen molar-refractivity contribution >= 4 is 0 Å². The zero-order valence-electron chi connectivity index (χ0n) is 9.81. The number of azide groups is 1. The average molecular weight is 212 g/mol. The summed E-state index contributed by atoms with van der Waals surface area (Å²) in [7, 11) is 1.75. The molecule has 0 aromatic rings. The lowest BCUT2D eigenvalue weighted by atomic mass is 9.83. The Balaban J connectivity index is 2.42. The minimum absolute atomic E-state index is 0.298. The van der Waals surface area contributed by atoms with E-state index >= 15 is 0 Å². The molecule has 0 aromatic carbocycles. The zero-order valence-corrected chi connectivity index (χ0v) is 9.81. The van der Waals surface area contributed by atoms with Crippen LogP contribution in [0, 0.1) is 11.3 Å². The van der Waals surface area contributed by atoms with Crippen molar-refractivity contribution < 1.29 is 4.74 Å². The van der Waals surface area contributed by atoms with Crippen molar-refractivity contribution in [2.75, 3.05) is 39.9 Å². The maximum Gasteiger partial charge on any atom is 0.0508 e. The molecule has 0 bridgehead atoms. The van der Waals surface area contributed by atoms with E-state index in [0.29, 0.717) is 17.9 Å². The fraction of sp³-hybridized carbons (Fsp3) is 1.00. The molecule has 0 aromatic heterocycles. The summed E-state index contributed by atoms with van der Waals surface area (Å²) in [5.41, 5.74) is 8.50. The third-order valence-electron chi connectivity index (χ3n) is 3.16. The van der Waals surface area contributed by atoms with Gasteiger partial charge in [-0.2, -0.15) is 0 Å². The van der Waals surface area contributed by atoms with E-state index in [1.165, 1.54) is 0 Å². The van der Waals surface area contributed by atoms with Crippen LogP contribution in [0.1, 0.15) is 13.8 Å². The monoisotopic (exact) mass is 212 g/mol. The van der Waals surface area contributed by atoms with E-state index in [0.717, 1.165) is 26.2 Å². The van der Waals surface area contributed by atoms with Gasteiger partial charge in [0.05, 0.1) is 6.61 Å². The van der Waals surface area contributed by atoms with Crippen molar-refractivity contribution in [2.24, 2.45) is 16.4 Å². The van der Waals surface area contributed by atoms with Gasteiger partial charge in [-0.1, -0.05) is 19.0 Å². The first-order valence-corrected chi connectivity index (χ1v) is 5.32. The van der Waals surface area contributed by atoms with Gasteiger partial charge in [-0.15, -0.1) is 0 Å². The fourth-order valence-electron chi connectivity index (χ4n) is 2.21. The molecule has 0 spiro atoms. The summed E-state index contributed by atoms with van der Waals surface area (Å²) in [6, 6.07) is 0. The van der Waals surface area contributed by atoms with Crippen molar-refractivity contribution in [1.29, 1.82) is 0 Å². The molecule has 86 valence electrons. The van der Waals surface area contributed by atoms with Crippen LogP contribution in [-0.2, 0) is 4.74 Å². The highest BCUT2D eigenvalue weighted by atomic mass is 16.5. The smallest absolute Gasteiger partial charge is 0.0508 e. The number of likely N-dealkylation sites (tertiary alicyclic amines) is 1. The van der Waals surface area contributed by atoms with E-state index in [2.05, 4.69) is 28.8 Å². The number of hydrogen-bond acceptors (Lipinski definition) is 3. The van der Waals surface area contributed by atoms with Gasteiger partial charge in [0.15, 0.2) is 0 Å². The SMILES string of the molecule is COCC1CN(CCN=[N+]=[N-])CC1(C)C. The van der Waals surface area contributed by atoms with Crippen LogP contribution < -0.4 is 0 Å². The summed E-state index contributed by atoms with van der Waals surface area (Å²) in [6.45, 7) is 8.86. The molecule has 0 radical (unpaired) electrons. The Bertz CT molecular complexity index is 248. The third kappa shape index (κ3) is 3.38. The minimum Gasteiger partial charge on any atom is -0.384 e. The maximum atomic E-state index is 8.20. The fourth-order valence-corrected chi connectivity index (χ4v) is 2.21. The number of methoxy groups -OCH3 is 1. The molecule has 0 N–H and O–H groups in total. The van der Waals surface area contributed by atoms with E-state index in [4.69, 9.17) is 10.3 Å². The molecular weight excluding hydrogens is 192 g/mol. The lowest BCUT2D eigenvalue weighted by molar-refractivity contribution is 0.112. The molecule has 1 saturated heterocycles. The minimum atomic E-state index is 0.298. The summed E-state index contributed by atoms with van der Waals surface area (Å²) < 4.78 is 5.23. The van der Waals surface area contributed by atoms with Crippen molar-refractivity contribution in [1.82, 2.24) is 4.90 Å². The summed E-state index contributed by atoms with van der Waals surface area (Å²) in [5.74, 6) is 0.577. The van der Waals surface area contributed by atoms with Gasteiger partial charge in [0, 0.05) is 44.1 Å². The molecule has 0 aliphatic carbocycles. The Morgan fingerprint density at radius 2 is 2.33 bits per heavy atom. The molecule has 1 heterocycles. The van der Waals surface area contributed by atoms with Crippen LogP contribution in [0.4, 0.5) is 0 Å². The van der Waals surface area contributed by atoms with Crippen molar-refractivity contribution in [2.45, 2.75) is 13.8 Å². The molecular formula is C10H20N4O. The Morgan fingerprint density at radius 1 is 1.60 bits per heavy atom. The van der Waals surface area contributed by atoms with Gasteiger partial charge < -0.3 is 9.64 Å². The number of ether oxygens (including phenoxy) is 1. The first kappa shape index (κ1) is 12.3. The molecule has 1 unspecified atom stereocenters. The van der Waals surface area contributed by atoms with Crippen LogP contribution in [0.3, 0.4) is 0 Å². The molecule has 1 aliphatic rings. The van der Waals surface area contributed by atoms with Gasteiger partial charge in [0.25, 0.3) is 0 Å². The number of rotatable bonds is 5. The normalized spacial score (nSPS) is 25.1. The quantitative estimate of drug-likeness (QED) is 0.397. The van der Waals surface area contributed by atoms with Gasteiger partial charge >= 0.3 is 0 Å². The molecule has 0 amide bonds. The topological polar surface area (TPSA) is 61.2 Å². The molecule has 1 fully saturated rings. The molecule has 5 nitrogen and oxygen atoms in total. The van der Waals surface area contributed by atoms with Crippen molar-refractivity contribution in [3.05, 3.63) is 10.4 Å². The van der Waals surface area contributed by atoms with E-state index in [1.807, 2.05) is 0 Å². The highest BCUT2D eigenvalue weighted by Gasteiger charge is 2.38. The van der Waals surface area contributed by atoms with Gasteiger partial charge in [-0.05, 0) is 10.9 Å². The maximum absolute atomic E-state index is 8.20. The first-order valence-electron chi connectivity index (χ1n) is 5.32. The van der Waals surface area contributed by atoms with Crippen LogP contribution in [-0.4, -0.2) is 44.8 Å². The first-order chi connectivity index (χ1) is 7.10. The van der Waals surface area contributed by atoms with E-state index < -0.39 is 0 Å². The summed E-state index contributed by atoms with van der Waals surface area (Å²) in [5, 5.41) is 3.56.